The molecule has 2 aliphatic heterocycles. The number of amides is 1. The molecule has 0 bridgehead atoms. The third-order valence-corrected chi connectivity index (χ3v) is 3.28. The number of halogens is 2. The molecule has 3 nitrogen and oxygen atoms in total. The fourth-order valence-corrected chi connectivity index (χ4v) is 2.38. The van der Waals surface area contributed by atoms with Crippen molar-refractivity contribution in [1.29, 1.82) is 0 Å². The van der Waals surface area contributed by atoms with E-state index in [0.29, 0.717) is 13.1 Å². The summed E-state index contributed by atoms with van der Waals surface area (Å²) in [6, 6.07) is 0. The van der Waals surface area contributed by atoms with Crippen LogP contribution in [0.4, 0.5) is 8.78 Å². The van der Waals surface area contributed by atoms with Crippen molar-refractivity contribution in [3.63, 3.8) is 0 Å². The van der Waals surface area contributed by atoms with Gasteiger partial charge in [0.25, 0.3) is 5.92 Å². The van der Waals surface area contributed by atoms with Gasteiger partial charge in [0.05, 0.1) is 5.41 Å². The van der Waals surface area contributed by atoms with Crippen molar-refractivity contribution in [3.05, 3.63) is 0 Å². The zero-order valence-corrected chi connectivity index (χ0v) is 8.15. The Kier molecular flexibility index (Phi) is 2.03. The van der Waals surface area contributed by atoms with Crippen LogP contribution in [0.15, 0.2) is 0 Å². The number of hydrogen-bond donors (Lipinski definition) is 1. The fourth-order valence-electron chi connectivity index (χ4n) is 2.38. The van der Waals surface area contributed by atoms with Crippen molar-refractivity contribution in [2.45, 2.75) is 18.8 Å². The molecular formula is C9H14F2N2O. The molecule has 1 amide bonds. The molecule has 1 spiro atoms. The summed E-state index contributed by atoms with van der Waals surface area (Å²) in [5.41, 5.74) is -1.16. The molecule has 0 aromatic carbocycles. The van der Waals surface area contributed by atoms with Gasteiger partial charge >= 0.3 is 0 Å². The molecule has 5 heteroatoms. The first kappa shape index (κ1) is 9.83. The summed E-state index contributed by atoms with van der Waals surface area (Å²) in [6.45, 7) is 0.824. The van der Waals surface area contributed by atoms with Crippen LogP contribution in [0.5, 0.6) is 0 Å². The molecule has 0 aromatic heterocycles. The van der Waals surface area contributed by atoms with Gasteiger partial charge in [0.2, 0.25) is 5.91 Å². The van der Waals surface area contributed by atoms with E-state index in [1.54, 1.807) is 0 Å². The van der Waals surface area contributed by atoms with Crippen LogP contribution in [-0.4, -0.2) is 43.4 Å². The highest BCUT2D eigenvalue weighted by Gasteiger charge is 2.59. The quantitative estimate of drug-likeness (QED) is 0.622. The Bertz CT molecular complexity index is 270. The van der Waals surface area contributed by atoms with Crippen LogP contribution < -0.4 is 5.32 Å². The molecule has 0 aliphatic carbocycles. The van der Waals surface area contributed by atoms with E-state index in [0.717, 1.165) is 0 Å². The molecular weight excluding hydrogens is 190 g/mol. The average molecular weight is 204 g/mol. The summed E-state index contributed by atoms with van der Waals surface area (Å²) in [5, 5.41) is 2.51. The van der Waals surface area contributed by atoms with Gasteiger partial charge in [-0.15, -0.1) is 0 Å². The molecule has 0 aromatic rings. The minimum absolute atomic E-state index is 0.0374. The second-order valence-corrected chi connectivity index (χ2v) is 4.43. The summed E-state index contributed by atoms with van der Waals surface area (Å²) in [4.78, 5) is 12.9. The minimum Gasteiger partial charge on any atom is -0.355 e. The van der Waals surface area contributed by atoms with Gasteiger partial charge in [-0.05, 0) is 7.05 Å². The predicted octanol–water partition coefficient (Wildman–Crippen LogP) is 0.464. The molecule has 2 rings (SSSR count). The summed E-state index contributed by atoms with van der Waals surface area (Å²) in [6.07, 6.45) is -0.178. The van der Waals surface area contributed by atoms with Crippen LogP contribution in [0.25, 0.3) is 0 Å². The maximum atomic E-state index is 13.7. The minimum atomic E-state index is -2.71. The van der Waals surface area contributed by atoms with Crippen molar-refractivity contribution in [3.8, 4) is 0 Å². The largest absolute Gasteiger partial charge is 0.355 e. The normalized spacial score (nSPS) is 37.5. The van der Waals surface area contributed by atoms with Gasteiger partial charge in [0.1, 0.15) is 0 Å². The first-order valence-electron chi connectivity index (χ1n) is 4.78. The van der Waals surface area contributed by atoms with Crippen LogP contribution in [-0.2, 0) is 4.79 Å². The second-order valence-electron chi connectivity index (χ2n) is 4.43. The number of rotatable bonds is 0. The second kappa shape index (κ2) is 2.89. The Hall–Kier alpha value is -0.710. The molecule has 1 atom stereocenters. The molecule has 1 N–H and O–H groups in total. The summed E-state index contributed by atoms with van der Waals surface area (Å²) in [7, 11) is 1.82. The van der Waals surface area contributed by atoms with Crippen molar-refractivity contribution >= 4 is 5.91 Å². The van der Waals surface area contributed by atoms with Gasteiger partial charge in [-0.1, -0.05) is 0 Å². The fraction of sp³-hybridized carbons (Fsp3) is 0.889. The number of carbonyl (C=O) groups excluding carboxylic acids is 1. The van der Waals surface area contributed by atoms with Gasteiger partial charge in [-0.25, -0.2) is 8.78 Å². The summed E-state index contributed by atoms with van der Waals surface area (Å²) >= 11 is 0. The van der Waals surface area contributed by atoms with E-state index < -0.39 is 11.3 Å². The number of alkyl halides is 2. The monoisotopic (exact) mass is 204 g/mol. The number of likely N-dealkylation sites (tertiary alicyclic amines) is 1. The van der Waals surface area contributed by atoms with E-state index in [1.807, 2.05) is 11.9 Å². The Balaban J connectivity index is 2.25. The highest BCUT2D eigenvalue weighted by molar-refractivity contribution is 5.79. The van der Waals surface area contributed by atoms with E-state index in [9.17, 15) is 13.6 Å². The number of nitrogens with zero attached hydrogens (tertiary/aromatic N) is 1. The van der Waals surface area contributed by atoms with Crippen LogP contribution in [0, 0.1) is 5.41 Å². The lowest BCUT2D eigenvalue weighted by Crippen LogP contribution is -2.55. The van der Waals surface area contributed by atoms with Gasteiger partial charge in [0.15, 0.2) is 0 Å². The van der Waals surface area contributed by atoms with Crippen LogP contribution in [0.1, 0.15) is 12.8 Å². The van der Waals surface area contributed by atoms with Gasteiger partial charge < -0.3 is 10.2 Å². The Labute approximate surface area is 81.4 Å². The number of hydrogen-bond acceptors (Lipinski definition) is 2. The van der Waals surface area contributed by atoms with Crippen molar-refractivity contribution in [1.82, 2.24) is 10.2 Å². The molecule has 2 heterocycles. The molecule has 1 unspecified atom stereocenters. The van der Waals surface area contributed by atoms with E-state index in [-0.39, 0.29) is 25.3 Å². The van der Waals surface area contributed by atoms with Crippen molar-refractivity contribution in [2.24, 2.45) is 5.41 Å². The lowest BCUT2D eigenvalue weighted by atomic mass is 9.76. The Morgan fingerprint density at radius 1 is 1.50 bits per heavy atom. The third-order valence-electron chi connectivity index (χ3n) is 3.28. The van der Waals surface area contributed by atoms with Crippen LogP contribution >= 0.6 is 0 Å². The van der Waals surface area contributed by atoms with Crippen molar-refractivity contribution < 1.29 is 13.6 Å². The van der Waals surface area contributed by atoms with Gasteiger partial charge in [-0.2, -0.15) is 0 Å². The van der Waals surface area contributed by atoms with Gasteiger partial charge in [-0.3, -0.25) is 4.79 Å². The molecule has 2 saturated heterocycles. The lowest BCUT2D eigenvalue weighted by molar-refractivity contribution is -0.157. The zero-order chi connectivity index (χ0) is 10.4. The van der Waals surface area contributed by atoms with Gasteiger partial charge in [0, 0.05) is 32.5 Å². The summed E-state index contributed by atoms with van der Waals surface area (Å²) in [5.74, 6) is -2.96. The van der Waals surface area contributed by atoms with E-state index >= 15 is 0 Å². The van der Waals surface area contributed by atoms with E-state index in [4.69, 9.17) is 0 Å². The smallest absolute Gasteiger partial charge is 0.258 e. The first-order valence-corrected chi connectivity index (χ1v) is 4.78. The number of carbonyl (C=O) groups is 1. The topological polar surface area (TPSA) is 32.3 Å². The maximum absolute atomic E-state index is 13.7. The maximum Gasteiger partial charge on any atom is 0.258 e. The molecule has 14 heavy (non-hydrogen) atoms. The number of piperidine rings is 1. The average Bonchev–Trinajstić information content (AvgIpc) is 2.44. The highest BCUT2D eigenvalue weighted by atomic mass is 19.3. The summed E-state index contributed by atoms with van der Waals surface area (Å²) < 4.78 is 27.4. The molecule has 2 fully saturated rings. The van der Waals surface area contributed by atoms with Crippen molar-refractivity contribution in [2.75, 3.05) is 26.7 Å². The molecule has 0 saturated carbocycles. The molecule has 2 aliphatic rings. The molecule has 80 valence electrons. The zero-order valence-electron chi connectivity index (χ0n) is 8.15. The lowest BCUT2D eigenvalue weighted by Gasteiger charge is -2.43. The predicted molar refractivity (Wildman–Crippen MR) is 47.1 cm³/mol. The SMILES string of the molecule is CN1CCC(F)(F)C2(CNC(=O)C2)C1. The van der Waals surface area contributed by atoms with Crippen LogP contribution in [0.2, 0.25) is 0 Å². The molecule has 0 radical (unpaired) electrons. The Morgan fingerprint density at radius 3 is 2.79 bits per heavy atom. The third kappa shape index (κ3) is 1.30. The first-order chi connectivity index (χ1) is 6.45. The van der Waals surface area contributed by atoms with E-state index in [2.05, 4.69) is 5.32 Å². The van der Waals surface area contributed by atoms with Crippen LogP contribution in [0.3, 0.4) is 0 Å². The number of nitrogens with one attached hydrogen (secondary N) is 1. The Morgan fingerprint density at radius 2 is 2.21 bits per heavy atom. The van der Waals surface area contributed by atoms with E-state index in [1.165, 1.54) is 0 Å². The standard InChI is InChI=1S/C9H14F2N2O/c1-13-3-2-9(10,11)8(6-13)4-7(14)12-5-8/h2-6H2,1H3,(H,12,14). The highest BCUT2D eigenvalue weighted by Crippen LogP contribution is 2.47.